The van der Waals surface area contributed by atoms with Crippen LogP contribution in [-0.2, 0) is 5.75 Å². The standard InChI is InChI=1S/C15H13N5S/c1-2-5-13(6-3-1)11-21-15-19-17-12-20(15)18-10-14-7-4-8-16-9-14/h1-10,12H,11H2/b18-10-. The molecule has 0 bridgehead atoms. The Kier molecular flexibility index (Phi) is 4.38. The summed E-state index contributed by atoms with van der Waals surface area (Å²) >= 11 is 1.60. The van der Waals surface area contributed by atoms with Gasteiger partial charge in [0.05, 0.1) is 6.21 Å². The number of thioether (sulfide) groups is 1. The second kappa shape index (κ2) is 6.81. The lowest BCUT2D eigenvalue weighted by Gasteiger charge is -2.01. The van der Waals surface area contributed by atoms with Crippen LogP contribution in [0.4, 0.5) is 0 Å². The van der Waals surface area contributed by atoms with Crippen molar-refractivity contribution in [2.24, 2.45) is 5.10 Å². The first-order valence-electron chi connectivity index (χ1n) is 6.43. The van der Waals surface area contributed by atoms with Crippen LogP contribution in [0.25, 0.3) is 0 Å². The second-order valence-corrected chi connectivity index (χ2v) is 5.21. The minimum absolute atomic E-state index is 0.763. The zero-order valence-electron chi connectivity index (χ0n) is 11.2. The van der Waals surface area contributed by atoms with Gasteiger partial charge in [-0.2, -0.15) is 9.78 Å². The predicted molar refractivity (Wildman–Crippen MR) is 83.3 cm³/mol. The third kappa shape index (κ3) is 3.76. The molecule has 0 radical (unpaired) electrons. The van der Waals surface area contributed by atoms with Gasteiger partial charge in [-0.15, -0.1) is 10.2 Å². The number of hydrogen-bond acceptors (Lipinski definition) is 5. The maximum Gasteiger partial charge on any atom is 0.212 e. The van der Waals surface area contributed by atoms with E-state index in [0.717, 1.165) is 16.5 Å². The van der Waals surface area contributed by atoms with E-state index in [0.29, 0.717) is 0 Å². The third-order valence-electron chi connectivity index (χ3n) is 2.73. The largest absolute Gasteiger partial charge is 0.264 e. The van der Waals surface area contributed by atoms with E-state index in [-0.39, 0.29) is 0 Å². The monoisotopic (exact) mass is 295 g/mol. The highest BCUT2D eigenvalue weighted by atomic mass is 32.2. The molecule has 0 atom stereocenters. The summed E-state index contributed by atoms with van der Waals surface area (Å²) in [6.07, 6.45) is 6.82. The van der Waals surface area contributed by atoms with Gasteiger partial charge >= 0.3 is 0 Å². The van der Waals surface area contributed by atoms with Gasteiger partial charge in [-0.05, 0) is 11.6 Å². The molecule has 0 saturated heterocycles. The molecule has 3 aromatic rings. The molecule has 0 aliphatic carbocycles. The smallest absolute Gasteiger partial charge is 0.212 e. The molecule has 0 aliphatic heterocycles. The first-order valence-corrected chi connectivity index (χ1v) is 7.41. The van der Waals surface area contributed by atoms with Crippen molar-refractivity contribution < 1.29 is 0 Å². The lowest BCUT2D eigenvalue weighted by atomic mass is 10.2. The highest BCUT2D eigenvalue weighted by Gasteiger charge is 2.04. The van der Waals surface area contributed by atoms with Crippen molar-refractivity contribution in [2.75, 3.05) is 0 Å². The molecule has 21 heavy (non-hydrogen) atoms. The van der Waals surface area contributed by atoms with Gasteiger partial charge < -0.3 is 0 Å². The fourth-order valence-electron chi connectivity index (χ4n) is 1.70. The van der Waals surface area contributed by atoms with Crippen molar-refractivity contribution in [3.63, 3.8) is 0 Å². The van der Waals surface area contributed by atoms with Crippen molar-refractivity contribution in [3.05, 3.63) is 72.3 Å². The summed E-state index contributed by atoms with van der Waals surface area (Å²) in [4.78, 5) is 4.05. The summed E-state index contributed by atoms with van der Waals surface area (Å²) in [7, 11) is 0. The maximum atomic E-state index is 4.35. The molecule has 0 amide bonds. The molecule has 0 spiro atoms. The van der Waals surface area contributed by atoms with Crippen molar-refractivity contribution in [2.45, 2.75) is 10.9 Å². The van der Waals surface area contributed by atoms with Gasteiger partial charge in [0.15, 0.2) is 0 Å². The summed E-state index contributed by atoms with van der Waals surface area (Å²) in [5.74, 6) is 0.835. The van der Waals surface area contributed by atoms with Crippen LogP contribution < -0.4 is 0 Å². The lowest BCUT2D eigenvalue weighted by Crippen LogP contribution is -1.93. The van der Waals surface area contributed by atoms with Gasteiger partial charge in [0, 0.05) is 23.7 Å². The molecular formula is C15H13N5S. The maximum absolute atomic E-state index is 4.35. The molecule has 0 N–H and O–H groups in total. The van der Waals surface area contributed by atoms with Gasteiger partial charge in [0.1, 0.15) is 6.33 Å². The molecule has 0 saturated carbocycles. The van der Waals surface area contributed by atoms with Crippen molar-refractivity contribution in [1.82, 2.24) is 19.9 Å². The van der Waals surface area contributed by atoms with Crippen LogP contribution in [0.1, 0.15) is 11.1 Å². The molecule has 1 aromatic carbocycles. The van der Waals surface area contributed by atoms with Crippen LogP contribution in [0.5, 0.6) is 0 Å². The second-order valence-electron chi connectivity index (χ2n) is 4.26. The Bertz CT molecular complexity index is 709. The number of aromatic nitrogens is 4. The molecule has 0 fully saturated rings. The Morgan fingerprint density at radius 1 is 1.14 bits per heavy atom. The van der Waals surface area contributed by atoms with Crippen LogP contribution in [0.2, 0.25) is 0 Å². The normalized spacial score (nSPS) is 11.0. The minimum Gasteiger partial charge on any atom is -0.264 e. The molecule has 5 nitrogen and oxygen atoms in total. The quantitative estimate of drug-likeness (QED) is 0.536. The van der Waals surface area contributed by atoms with E-state index in [1.54, 1.807) is 41.4 Å². The minimum atomic E-state index is 0.763. The average Bonchev–Trinajstić information content (AvgIpc) is 3.00. The number of benzene rings is 1. The molecule has 0 unspecified atom stereocenters. The van der Waals surface area contributed by atoms with Gasteiger partial charge in [0.25, 0.3) is 0 Å². The fourth-order valence-corrected chi connectivity index (χ4v) is 2.52. The highest BCUT2D eigenvalue weighted by molar-refractivity contribution is 7.98. The number of pyridine rings is 1. The van der Waals surface area contributed by atoms with Crippen LogP contribution in [-0.4, -0.2) is 26.1 Å². The van der Waals surface area contributed by atoms with E-state index in [4.69, 9.17) is 0 Å². The number of nitrogens with zero attached hydrogens (tertiary/aromatic N) is 5. The molecule has 3 rings (SSSR count). The Morgan fingerprint density at radius 3 is 2.86 bits per heavy atom. The SMILES string of the molecule is C(=N/n1cnnc1SCc1ccccc1)/c1cccnc1. The van der Waals surface area contributed by atoms with Crippen LogP contribution in [0.3, 0.4) is 0 Å². The first-order chi connectivity index (χ1) is 10.4. The summed E-state index contributed by atoms with van der Waals surface area (Å²) in [6, 6.07) is 14.1. The van der Waals surface area contributed by atoms with E-state index in [9.17, 15) is 0 Å². The number of hydrogen-bond donors (Lipinski definition) is 0. The Labute approximate surface area is 126 Å². The molecule has 2 aromatic heterocycles. The van der Waals surface area contributed by atoms with Crippen molar-refractivity contribution >= 4 is 18.0 Å². The Balaban J connectivity index is 1.68. The van der Waals surface area contributed by atoms with E-state index < -0.39 is 0 Å². The van der Waals surface area contributed by atoms with E-state index in [1.165, 1.54) is 5.56 Å². The summed E-state index contributed by atoms with van der Waals surface area (Å²) < 4.78 is 1.67. The van der Waals surface area contributed by atoms with E-state index in [1.807, 2.05) is 30.3 Å². The van der Waals surface area contributed by atoms with Crippen LogP contribution in [0, 0.1) is 0 Å². The van der Waals surface area contributed by atoms with Gasteiger partial charge in [-0.1, -0.05) is 48.2 Å². The first kappa shape index (κ1) is 13.5. The lowest BCUT2D eigenvalue weighted by molar-refractivity contribution is 0.767. The third-order valence-corrected chi connectivity index (χ3v) is 3.73. The molecule has 6 heteroatoms. The van der Waals surface area contributed by atoms with Gasteiger partial charge in [0.2, 0.25) is 5.16 Å². The average molecular weight is 295 g/mol. The van der Waals surface area contributed by atoms with Crippen molar-refractivity contribution in [3.8, 4) is 0 Å². The van der Waals surface area contributed by atoms with E-state index in [2.05, 4.69) is 32.4 Å². The Morgan fingerprint density at radius 2 is 2.05 bits per heavy atom. The zero-order valence-corrected chi connectivity index (χ0v) is 12.0. The van der Waals surface area contributed by atoms with Crippen molar-refractivity contribution in [1.29, 1.82) is 0 Å². The topological polar surface area (TPSA) is 56.0 Å². The van der Waals surface area contributed by atoms with Crippen LogP contribution >= 0.6 is 11.8 Å². The molecule has 0 aliphatic rings. The van der Waals surface area contributed by atoms with Gasteiger partial charge in [-0.25, -0.2) is 0 Å². The van der Waals surface area contributed by atoms with E-state index >= 15 is 0 Å². The summed E-state index contributed by atoms with van der Waals surface area (Å²) in [5, 5.41) is 13.1. The highest BCUT2D eigenvalue weighted by Crippen LogP contribution is 2.20. The summed E-state index contributed by atoms with van der Waals surface area (Å²) in [6.45, 7) is 0. The van der Waals surface area contributed by atoms with Crippen LogP contribution in [0.15, 0.2) is 71.4 Å². The number of rotatable bonds is 5. The fraction of sp³-hybridized carbons (Fsp3) is 0.0667. The molecular weight excluding hydrogens is 282 g/mol. The Hall–Kier alpha value is -2.47. The van der Waals surface area contributed by atoms with Gasteiger partial charge in [-0.3, -0.25) is 4.98 Å². The predicted octanol–water partition coefficient (Wildman–Crippen LogP) is 2.85. The molecule has 104 valence electrons. The summed E-state index contributed by atoms with van der Waals surface area (Å²) in [5.41, 5.74) is 2.18. The zero-order chi connectivity index (χ0) is 14.3. The molecule has 2 heterocycles.